The molecule has 1 aromatic carbocycles. The van der Waals surface area contributed by atoms with Crippen molar-refractivity contribution in [3.63, 3.8) is 0 Å². The first-order chi connectivity index (χ1) is 16.5. The number of hydrogen-bond donors (Lipinski definition) is 1. The Kier molecular flexibility index (Phi) is 6.42. The molecule has 4 heterocycles. The van der Waals surface area contributed by atoms with Gasteiger partial charge in [0.1, 0.15) is 4.21 Å². The fraction of sp³-hybridized carbons (Fsp3) is 0.565. The molecule has 192 valence electrons. The van der Waals surface area contributed by atoms with Crippen LogP contribution in [0.15, 0.2) is 46.0 Å². The SMILES string of the molecule is CC(O)(c1ccc(N2CCN(S(=O)(=O)c3cccs3)CC2CN2C[C@H]3C[C@@H]2CO3)cc1)C(F)(F)F. The molecule has 5 rings (SSSR count). The Morgan fingerprint density at radius 2 is 1.89 bits per heavy atom. The summed E-state index contributed by atoms with van der Waals surface area (Å²) in [5.41, 5.74) is -2.49. The van der Waals surface area contributed by atoms with Crippen LogP contribution in [0, 0.1) is 0 Å². The lowest BCUT2D eigenvalue weighted by molar-refractivity contribution is -0.258. The average Bonchev–Trinajstić information content (AvgIpc) is 3.57. The summed E-state index contributed by atoms with van der Waals surface area (Å²) in [6.45, 7) is 3.77. The lowest BCUT2D eigenvalue weighted by Gasteiger charge is -2.44. The van der Waals surface area contributed by atoms with Gasteiger partial charge in [-0.25, -0.2) is 8.42 Å². The van der Waals surface area contributed by atoms with Gasteiger partial charge < -0.3 is 14.7 Å². The van der Waals surface area contributed by atoms with Crippen LogP contribution in [0.3, 0.4) is 0 Å². The molecule has 2 bridgehead atoms. The second-order valence-electron chi connectivity index (χ2n) is 9.56. The Bertz CT molecular complexity index is 1140. The Balaban J connectivity index is 1.40. The molecule has 1 aromatic heterocycles. The summed E-state index contributed by atoms with van der Waals surface area (Å²) < 4.78 is 73.7. The van der Waals surface area contributed by atoms with Gasteiger partial charge in [0.25, 0.3) is 10.0 Å². The molecule has 3 saturated heterocycles. The molecule has 0 radical (unpaired) electrons. The molecule has 3 aliphatic rings. The van der Waals surface area contributed by atoms with Gasteiger partial charge in [-0.05, 0) is 42.5 Å². The number of rotatable bonds is 6. The fourth-order valence-electron chi connectivity index (χ4n) is 5.19. The van der Waals surface area contributed by atoms with Crippen molar-refractivity contribution in [2.45, 2.75) is 47.5 Å². The van der Waals surface area contributed by atoms with Gasteiger partial charge in [-0.15, -0.1) is 11.3 Å². The highest BCUT2D eigenvalue weighted by Crippen LogP contribution is 2.39. The van der Waals surface area contributed by atoms with E-state index in [1.807, 2.05) is 0 Å². The van der Waals surface area contributed by atoms with Crippen LogP contribution in [-0.4, -0.2) is 86.4 Å². The predicted octanol–water partition coefficient (Wildman–Crippen LogP) is 2.87. The molecule has 0 aliphatic carbocycles. The monoisotopic (exact) mass is 531 g/mol. The maximum Gasteiger partial charge on any atom is 0.421 e. The van der Waals surface area contributed by atoms with Gasteiger partial charge in [-0.3, -0.25) is 4.90 Å². The number of aliphatic hydroxyl groups is 1. The summed E-state index contributed by atoms with van der Waals surface area (Å²) in [5.74, 6) is 0. The summed E-state index contributed by atoms with van der Waals surface area (Å²) in [5, 5.41) is 11.7. The van der Waals surface area contributed by atoms with E-state index in [0.29, 0.717) is 35.6 Å². The highest BCUT2D eigenvalue weighted by molar-refractivity contribution is 7.91. The van der Waals surface area contributed by atoms with Gasteiger partial charge >= 0.3 is 6.18 Å². The zero-order valence-corrected chi connectivity index (χ0v) is 20.8. The van der Waals surface area contributed by atoms with E-state index in [1.165, 1.54) is 27.8 Å². The molecular formula is C23H28F3N3O4S2. The number of anilines is 1. The molecule has 0 saturated carbocycles. The van der Waals surface area contributed by atoms with Crippen LogP contribution in [0.5, 0.6) is 0 Å². The van der Waals surface area contributed by atoms with Crippen LogP contribution in [-0.2, 0) is 20.4 Å². The molecule has 4 atom stereocenters. The maximum absolute atomic E-state index is 13.3. The summed E-state index contributed by atoms with van der Waals surface area (Å²) in [6, 6.07) is 9.16. The molecule has 0 amide bonds. The maximum atomic E-state index is 13.3. The number of sulfonamides is 1. The van der Waals surface area contributed by atoms with Crippen molar-refractivity contribution in [3.8, 4) is 0 Å². The first-order valence-electron chi connectivity index (χ1n) is 11.5. The largest absolute Gasteiger partial charge is 0.421 e. The highest BCUT2D eigenvalue weighted by atomic mass is 32.2. The summed E-state index contributed by atoms with van der Waals surface area (Å²) >= 11 is 1.18. The third-order valence-electron chi connectivity index (χ3n) is 7.31. The van der Waals surface area contributed by atoms with Crippen molar-refractivity contribution in [3.05, 3.63) is 47.3 Å². The van der Waals surface area contributed by atoms with E-state index < -0.39 is 21.8 Å². The summed E-state index contributed by atoms with van der Waals surface area (Å²) in [7, 11) is -3.62. The molecule has 2 aromatic rings. The van der Waals surface area contributed by atoms with Crippen molar-refractivity contribution >= 4 is 27.0 Å². The van der Waals surface area contributed by atoms with E-state index in [0.717, 1.165) is 19.9 Å². The minimum atomic E-state index is -4.80. The summed E-state index contributed by atoms with van der Waals surface area (Å²) in [6.07, 6.45) is -3.63. The minimum Gasteiger partial charge on any atom is -0.376 e. The number of piperazine rings is 1. The molecule has 35 heavy (non-hydrogen) atoms. The number of morpholine rings is 1. The third kappa shape index (κ3) is 4.60. The van der Waals surface area contributed by atoms with Crippen LogP contribution in [0.2, 0.25) is 0 Å². The standard InChI is InChI=1S/C23H28F3N3O4S2/c1-22(30,23(24,25)26)16-4-6-17(7-5-16)29-9-8-28(35(31,32)21-3-2-10-34-21)13-19(29)12-27-14-20-11-18(27)15-33-20/h2-7,10,18-20,30H,8-9,11-15H2,1H3/t18-,19?,20-,22?/m1/s1. The van der Waals surface area contributed by atoms with Crippen LogP contribution >= 0.6 is 11.3 Å². The number of ether oxygens (including phenoxy) is 1. The Labute approximate surface area is 206 Å². The van der Waals surface area contributed by atoms with E-state index in [2.05, 4.69) is 9.80 Å². The number of thiophene rings is 1. The van der Waals surface area contributed by atoms with E-state index in [9.17, 15) is 26.7 Å². The number of nitrogens with zero attached hydrogens (tertiary/aromatic N) is 3. The summed E-state index contributed by atoms with van der Waals surface area (Å²) in [4.78, 5) is 4.40. The number of halogens is 3. The fourth-order valence-corrected chi connectivity index (χ4v) is 7.81. The van der Waals surface area contributed by atoms with Gasteiger partial charge in [-0.1, -0.05) is 18.2 Å². The van der Waals surface area contributed by atoms with E-state index in [-0.39, 0.29) is 30.8 Å². The number of likely N-dealkylation sites (tertiary alicyclic amines) is 1. The Morgan fingerprint density at radius 1 is 1.14 bits per heavy atom. The van der Waals surface area contributed by atoms with Gasteiger partial charge in [0.15, 0.2) is 5.60 Å². The van der Waals surface area contributed by atoms with Gasteiger partial charge in [0.05, 0.1) is 18.8 Å². The lowest BCUT2D eigenvalue weighted by atomic mass is 9.95. The van der Waals surface area contributed by atoms with Crippen LogP contribution < -0.4 is 4.90 Å². The Morgan fingerprint density at radius 3 is 2.46 bits per heavy atom. The molecule has 7 nitrogen and oxygen atoms in total. The Hall–Kier alpha value is -1.70. The zero-order chi connectivity index (χ0) is 25.0. The van der Waals surface area contributed by atoms with Crippen LogP contribution in [0.4, 0.5) is 18.9 Å². The van der Waals surface area contributed by atoms with Crippen molar-refractivity contribution in [2.75, 3.05) is 44.2 Å². The molecule has 2 unspecified atom stereocenters. The average molecular weight is 532 g/mol. The number of benzene rings is 1. The lowest BCUT2D eigenvalue weighted by Crippen LogP contribution is -2.59. The van der Waals surface area contributed by atoms with E-state index in [4.69, 9.17) is 4.74 Å². The van der Waals surface area contributed by atoms with Gasteiger partial charge in [0.2, 0.25) is 0 Å². The van der Waals surface area contributed by atoms with E-state index >= 15 is 0 Å². The first kappa shape index (κ1) is 25.0. The van der Waals surface area contributed by atoms with E-state index in [1.54, 1.807) is 29.6 Å². The molecule has 3 fully saturated rings. The molecule has 12 heteroatoms. The predicted molar refractivity (Wildman–Crippen MR) is 126 cm³/mol. The molecule has 3 aliphatic heterocycles. The number of hydrogen-bond acceptors (Lipinski definition) is 7. The smallest absolute Gasteiger partial charge is 0.376 e. The normalized spacial score (nSPS) is 27.9. The van der Waals surface area contributed by atoms with Crippen LogP contribution in [0.25, 0.3) is 0 Å². The quantitative estimate of drug-likeness (QED) is 0.618. The highest BCUT2D eigenvalue weighted by Gasteiger charge is 2.51. The number of fused-ring (bicyclic) bond motifs is 2. The third-order valence-corrected chi connectivity index (χ3v) is 10.5. The van der Waals surface area contributed by atoms with Gasteiger partial charge in [0, 0.05) is 44.5 Å². The second kappa shape index (κ2) is 9.00. The second-order valence-corrected chi connectivity index (χ2v) is 12.7. The van der Waals surface area contributed by atoms with Crippen LogP contribution in [0.1, 0.15) is 18.9 Å². The minimum absolute atomic E-state index is 0.188. The molecular weight excluding hydrogens is 503 g/mol. The van der Waals surface area contributed by atoms with Crippen molar-refractivity contribution < 1.29 is 31.4 Å². The molecule has 1 N–H and O–H groups in total. The molecule has 0 spiro atoms. The van der Waals surface area contributed by atoms with Crippen molar-refractivity contribution in [1.82, 2.24) is 9.21 Å². The van der Waals surface area contributed by atoms with Gasteiger partial charge in [-0.2, -0.15) is 17.5 Å². The zero-order valence-electron chi connectivity index (χ0n) is 19.2. The first-order valence-corrected chi connectivity index (χ1v) is 13.8. The van der Waals surface area contributed by atoms with Crippen molar-refractivity contribution in [2.24, 2.45) is 0 Å². The van der Waals surface area contributed by atoms with Crippen molar-refractivity contribution in [1.29, 1.82) is 0 Å². The topological polar surface area (TPSA) is 73.3 Å². The number of alkyl halides is 3.